The lowest BCUT2D eigenvalue weighted by Crippen LogP contribution is -2.49. The Morgan fingerprint density at radius 1 is 1.05 bits per heavy atom. The van der Waals surface area contributed by atoms with Crippen molar-refractivity contribution in [2.24, 2.45) is 7.05 Å². The van der Waals surface area contributed by atoms with Crippen LogP contribution in [-0.4, -0.2) is 61.1 Å². The van der Waals surface area contributed by atoms with Crippen molar-refractivity contribution < 1.29 is 9.18 Å². The summed E-state index contributed by atoms with van der Waals surface area (Å²) in [6.45, 7) is 8.03. The highest BCUT2D eigenvalue weighted by Crippen LogP contribution is 2.24. The molecule has 4 aromatic rings. The Morgan fingerprint density at radius 3 is 2.39 bits per heavy atom. The summed E-state index contributed by atoms with van der Waals surface area (Å²) in [4.78, 5) is 53.3. The number of anilines is 1. The summed E-state index contributed by atoms with van der Waals surface area (Å²) in [5.41, 5.74) is 0.969. The van der Waals surface area contributed by atoms with Gasteiger partial charge in [0.2, 0.25) is 5.95 Å². The Kier molecular flexibility index (Phi) is 6.38. The molecule has 11 heteroatoms. The molecular weight excluding hydrogens is 489 g/mol. The first-order valence-corrected chi connectivity index (χ1v) is 12.5. The van der Waals surface area contributed by atoms with Crippen LogP contribution in [0, 0.1) is 5.82 Å². The molecule has 38 heavy (non-hydrogen) atoms. The van der Waals surface area contributed by atoms with E-state index in [1.807, 2.05) is 17.0 Å². The van der Waals surface area contributed by atoms with Gasteiger partial charge in [-0.05, 0) is 18.2 Å². The van der Waals surface area contributed by atoms with Crippen molar-refractivity contribution in [1.82, 2.24) is 29.0 Å². The van der Waals surface area contributed by atoms with Crippen molar-refractivity contribution in [3.63, 3.8) is 0 Å². The van der Waals surface area contributed by atoms with Gasteiger partial charge in [-0.3, -0.25) is 28.7 Å². The van der Waals surface area contributed by atoms with Crippen molar-refractivity contribution >= 4 is 23.0 Å². The van der Waals surface area contributed by atoms with E-state index in [0.717, 1.165) is 5.69 Å². The summed E-state index contributed by atoms with van der Waals surface area (Å²) in [5, 5.41) is 0. The molecule has 1 aliphatic rings. The molecular formula is C27H30FN7O3. The third-order valence-corrected chi connectivity index (χ3v) is 6.90. The fourth-order valence-electron chi connectivity index (χ4n) is 4.67. The SMILES string of the molecule is Cn1c(=O)[nH]c(=O)c2c1nc(N1CCN(C(=O)c3ccc(C(C)(C)C)nc3)CC1)n2Cc1ccccc1F. The number of carbonyl (C=O) groups excluding carboxylic acids is 1. The Morgan fingerprint density at radius 2 is 1.76 bits per heavy atom. The van der Waals surface area contributed by atoms with Gasteiger partial charge in [0.05, 0.1) is 12.1 Å². The van der Waals surface area contributed by atoms with Crippen LogP contribution in [0.25, 0.3) is 11.2 Å². The number of piperazine rings is 1. The third kappa shape index (κ3) is 4.59. The standard InChI is InChI=1S/C27H30FN7O3/c1-27(2,3)20-10-9-17(15-29-20)24(37)33-11-13-34(14-12-33)25-30-22-21(23(36)31-26(38)32(22)4)35(25)16-18-7-5-6-8-19(18)28/h5-10,15H,11-14,16H2,1-4H3,(H,31,36,38). The van der Waals surface area contributed by atoms with Crippen LogP contribution in [0.2, 0.25) is 0 Å². The van der Waals surface area contributed by atoms with E-state index in [2.05, 4.69) is 35.7 Å². The minimum Gasteiger partial charge on any atom is -0.339 e. The first-order chi connectivity index (χ1) is 18.0. The predicted molar refractivity (Wildman–Crippen MR) is 142 cm³/mol. The van der Waals surface area contributed by atoms with Gasteiger partial charge in [-0.25, -0.2) is 9.18 Å². The van der Waals surface area contributed by atoms with Gasteiger partial charge in [0.15, 0.2) is 11.2 Å². The number of aromatic nitrogens is 5. The summed E-state index contributed by atoms with van der Waals surface area (Å²) in [7, 11) is 1.53. The molecule has 1 N–H and O–H groups in total. The second-order valence-corrected chi connectivity index (χ2v) is 10.5. The van der Waals surface area contributed by atoms with Gasteiger partial charge in [-0.1, -0.05) is 39.0 Å². The molecule has 1 aromatic carbocycles. The smallest absolute Gasteiger partial charge is 0.329 e. The molecule has 0 atom stereocenters. The number of nitrogens with one attached hydrogen (secondary N) is 1. The minimum absolute atomic E-state index is 0.0602. The molecule has 4 heterocycles. The normalized spacial score (nSPS) is 14.3. The van der Waals surface area contributed by atoms with Crippen molar-refractivity contribution in [3.8, 4) is 0 Å². The van der Waals surface area contributed by atoms with Crippen molar-refractivity contribution in [2.45, 2.75) is 32.7 Å². The number of rotatable bonds is 4. The second-order valence-electron chi connectivity index (χ2n) is 10.5. The summed E-state index contributed by atoms with van der Waals surface area (Å²) in [5.74, 6) is -0.0578. The number of H-pyrrole nitrogens is 1. The minimum atomic E-state index is -0.585. The number of imidazole rings is 1. The average molecular weight is 520 g/mol. The molecule has 3 aromatic heterocycles. The molecule has 198 valence electrons. The monoisotopic (exact) mass is 519 g/mol. The number of aromatic amines is 1. The quantitative estimate of drug-likeness (QED) is 0.443. The fraction of sp³-hybridized carbons (Fsp3) is 0.370. The van der Waals surface area contributed by atoms with Crippen LogP contribution < -0.4 is 16.1 Å². The van der Waals surface area contributed by atoms with E-state index in [9.17, 15) is 18.8 Å². The van der Waals surface area contributed by atoms with Gasteiger partial charge in [0, 0.05) is 56.1 Å². The number of benzene rings is 1. The highest BCUT2D eigenvalue weighted by atomic mass is 19.1. The Hall–Kier alpha value is -4.28. The van der Waals surface area contributed by atoms with Gasteiger partial charge < -0.3 is 9.80 Å². The van der Waals surface area contributed by atoms with Gasteiger partial charge in [-0.2, -0.15) is 4.98 Å². The summed E-state index contributed by atoms with van der Waals surface area (Å²) >= 11 is 0. The van der Waals surface area contributed by atoms with E-state index in [0.29, 0.717) is 43.3 Å². The molecule has 0 unspecified atom stereocenters. The van der Waals surface area contributed by atoms with E-state index in [4.69, 9.17) is 0 Å². The van der Waals surface area contributed by atoms with Crippen LogP contribution in [0.4, 0.5) is 10.3 Å². The van der Waals surface area contributed by atoms with Gasteiger partial charge in [0.25, 0.3) is 11.5 Å². The molecule has 5 rings (SSSR count). The molecule has 0 aliphatic carbocycles. The van der Waals surface area contributed by atoms with E-state index in [-0.39, 0.29) is 29.0 Å². The van der Waals surface area contributed by atoms with Crippen LogP contribution in [0.15, 0.2) is 52.2 Å². The Labute approximate surface area is 218 Å². The molecule has 1 aliphatic heterocycles. The number of fused-ring (bicyclic) bond motifs is 1. The maximum absolute atomic E-state index is 14.6. The molecule has 10 nitrogen and oxygen atoms in total. The lowest BCUT2D eigenvalue weighted by atomic mass is 9.91. The number of hydrogen-bond acceptors (Lipinski definition) is 6. The number of halogens is 1. The lowest BCUT2D eigenvalue weighted by Gasteiger charge is -2.35. The molecule has 1 fully saturated rings. The third-order valence-electron chi connectivity index (χ3n) is 6.90. The topological polar surface area (TPSA) is 109 Å². The first-order valence-electron chi connectivity index (χ1n) is 12.5. The lowest BCUT2D eigenvalue weighted by molar-refractivity contribution is 0.0745. The van der Waals surface area contributed by atoms with Gasteiger partial charge in [-0.15, -0.1) is 0 Å². The number of amides is 1. The molecule has 0 radical (unpaired) electrons. The van der Waals surface area contributed by atoms with E-state index in [1.54, 1.807) is 33.9 Å². The number of nitrogens with zero attached hydrogens (tertiary/aromatic N) is 6. The summed E-state index contributed by atoms with van der Waals surface area (Å²) in [6.07, 6.45) is 1.62. The summed E-state index contributed by atoms with van der Waals surface area (Å²) in [6, 6.07) is 10.0. The zero-order chi connectivity index (χ0) is 27.2. The molecule has 0 bridgehead atoms. The second kappa shape index (κ2) is 9.55. The highest BCUT2D eigenvalue weighted by molar-refractivity contribution is 5.94. The Bertz CT molecular complexity index is 1620. The molecule has 1 saturated heterocycles. The predicted octanol–water partition coefficient (Wildman–Crippen LogP) is 2.27. The van der Waals surface area contributed by atoms with Crippen LogP contribution in [0.1, 0.15) is 42.4 Å². The molecule has 0 saturated carbocycles. The van der Waals surface area contributed by atoms with E-state index >= 15 is 0 Å². The number of aryl methyl sites for hydroxylation is 1. The van der Waals surface area contributed by atoms with Crippen LogP contribution >= 0.6 is 0 Å². The number of pyridine rings is 1. The van der Waals surface area contributed by atoms with Crippen LogP contribution in [0.3, 0.4) is 0 Å². The first kappa shape index (κ1) is 25.4. The highest BCUT2D eigenvalue weighted by Gasteiger charge is 2.28. The van der Waals surface area contributed by atoms with Crippen molar-refractivity contribution in [2.75, 3.05) is 31.1 Å². The zero-order valence-electron chi connectivity index (χ0n) is 21.9. The molecule has 0 spiro atoms. The van der Waals surface area contributed by atoms with Crippen LogP contribution in [-0.2, 0) is 19.0 Å². The van der Waals surface area contributed by atoms with E-state index < -0.39 is 17.1 Å². The van der Waals surface area contributed by atoms with Crippen molar-refractivity contribution in [3.05, 3.63) is 86.1 Å². The van der Waals surface area contributed by atoms with Crippen LogP contribution in [0.5, 0.6) is 0 Å². The number of hydrogen-bond donors (Lipinski definition) is 1. The van der Waals surface area contributed by atoms with Gasteiger partial charge in [0.1, 0.15) is 5.82 Å². The van der Waals surface area contributed by atoms with E-state index in [1.165, 1.54) is 17.7 Å². The Balaban J connectivity index is 1.43. The summed E-state index contributed by atoms with van der Waals surface area (Å²) < 4.78 is 17.5. The maximum Gasteiger partial charge on any atom is 0.329 e. The molecule has 1 amide bonds. The number of carbonyl (C=O) groups is 1. The van der Waals surface area contributed by atoms with Crippen molar-refractivity contribution in [1.29, 1.82) is 0 Å². The maximum atomic E-state index is 14.6. The fourth-order valence-corrected chi connectivity index (χ4v) is 4.67. The zero-order valence-corrected chi connectivity index (χ0v) is 21.9. The average Bonchev–Trinajstić information content (AvgIpc) is 3.28. The van der Waals surface area contributed by atoms with Gasteiger partial charge >= 0.3 is 5.69 Å². The largest absolute Gasteiger partial charge is 0.339 e.